The van der Waals surface area contributed by atoms with Gasteiger partial charge in [0.25, 0.3) is 0 Å². The maximum atomic E-state index is 14.2. The molecular formula is C35H24F8O11S2-2. The molecule has 0 bridgehead atoms. The normalized spacial score (nSPS) is 15.6. The second kappa shape index (κ2) is 17.9. The van der Waals surface area contributed by atoms with Crippen LogP contribution in [0.2, 0.25) is 0 Å². The topological polar surface area (TPSA) is 145 Å². The number of fused-ring (bicyclic) bond motifs is 6. The van der Waals surface area contributed by atoms with E-state index in [1.165, 1.54) is 0 Å². The molecule has 21 heteroatoms. The van der Waals surface area contributed by atoms with E-state index < -0.39 is 83.6 Å². The van der Waals surface area contributed by atoms with Crippen LogP contribution in [0.25, 0.3) is 22.3 Å². The second-order valence-electron chi connectivity index (χ2n) is 11.5. The fourth-order valence-electron chi connectivity index (χ4n) is 5.89. The van der Waals surface area contributed by atoms with Gasteiger partial charge in [0.1, 0.15) is 19.3 Å². The van der Waals surface area contributed by atoms with Crippen LogP contribution in [-0.2, 0) is 42.5 Å². The van der Waals surface area contributed by atoms with Crippen molar-refractivity contribution in [3.8, 4) is 22.3 Å². The average molecular weight is 837 g/mol. The van der Waals surface area contributed by atoms with Crippen molar-refractivity contribution in [1.29, 1.82) is 0 Å². The van der Waals surface area contributed by atoms with E-state index >= 15 is 0 Å². The molecule has 2 aliphatic rings. The van der Waals surface area contributed by atoms with Crippen molar-refractivity contribution in [2.75, 3.05) is 19.8 Å². The van der Waals surface area contributed by atoms with Crippen LogP contribution in [0.15, 0.2) is 97.1 Å². The number of hydrogen-bond acceptors (Lipinski definition) is 13. The smallest absolute Gasteiger partial charge is 0.446 e. The monoisotopic (exact) mass is 836 g/mol. The van der Waals surface area contributed by atoms with Crippen molar-refractivity contribution in [2.24, 2.45) is 0 Å². The Balaban J connectivity index is 0.000000215. The van der Waals surface area contributed by atoms with Crippen molar-refractivity contribution >= 4 is 36.0 Å². The van der Waals surface area contributed by atoms with Crippen LogP contribution in [0, 0.1) is 0 Å². The molecule has 4 aromatic rings. The second-order valence-corrected chi connectivity index (χ2v) is 13.2. The third-order valence-electron chi connectivity index (χ3n) is 8.33. The summed E-state index contributed by atoms with van der Waals surface area (Å²) in [6.45, 7) is -1.47. The minimum absolute atomic E-state index is 0.295. The lowest BCUT2D eigenvalue weighted by Gasteiger charge is -2.25. The van der Waals surface area contributed by atoms with E-state index in [1.807, 2.05) is 60.7 Å². The number of rotatable bonds is 14. The zero-order chi connectivity index (χ0) is 40.7. The highest BCUT2D eigenvalue weighted by Crippen LogP contribution is 2.48. The molecule has 0 radical (unpaired) electrons. The largest absolute Gasteiger partial charge is 0.691 e. The Labute approximate surface area is 319 Å². The average Bonchev–Trinajstić information content (AvgIpc) is 3.68. The minimum Gasteiger partial charge on any atom is -0.691 e. The molecule has 300 valence electrons. The molecule has 2 atom stereocenters. The SMILES string of the molecule is O=C(OCC1c2ccccc2-c2ccccc21)C(F)(SOO[O-])C(F)(F)F.O=C(OCCOC1c2ccccc2-c2ccccc21)C(F)(SOO[O-])C(F)(F)F. The lowest BCUT2D eigenvalue weighted by Crippen LogP contribution is -2.47. The molecule has 11 nitrogen and oxygen atoms in total. The van der Waals surface area contributed by atoms with Crippen LogP contribution in [-0.4, -0.2) is 54.1 Å². The highest BCUT2D eigenvalue weighted by Gasteiger charge is 2.66. The first-order valence-corrected chi connectivity index (χ1v) is 17.2. The molecule has 0 aliphatic heterocycles. The summed E-state index contributed by atoms with van der Waals surface area (Å²) in [5.41, 5.74) is 6.82. The van der Waals surface area contributed by atoms with Gasteiger partial charge in [-0.15, -0.1) is 0 Å². The summed E-state index contributed by atoms with van der Waals surface area (Å²) in [6.07, 6.45) is -11.9. The summed E-state index contributed by atoms with van der Waals surface area (Å²) >= 11 is -2.25. The highest BCUT2D eigenvalue weighted by molar-refractivity contribution is 7.96. The number of esters is 2. The van der Waals surface area contributed by atoms with Gasteiger partial charge < -0.3 is 24.7 Å². The Morgan fingerprint density at radius 3 is 1.29 bits per heavy atom. The van der Waals surface area contributed by atoms with Gasteiger partial charge in [-0.3, -0.25) is 10.1 Å². The fourth-order valence-corrected chi connectivity index (χ4v) is 6.57. The van der Waals surface area contributed by atoms with E-state index in [0.717, 1.165) is 44.5 Å². The number of alkyl halides is 8. The third-order valence-corrected chi connectivity index (χ3v) is 9.83. The predicted octanol–water partition coefficient (Wildman–Crippen LogP) is 6.86. The van der Waals surface area contributed by atoms with Gasteiger partial charge >= 0.3 is 34.3 Å². The van der Waals surface area contributed by atoms with Crippen molar-refractivity contribution < 1.29 is 88.2 Å². The number of hydrogen-bond donors (Lipinski definition) is 0. The maximum absolute atomic E-state index is 14.2. The molecule has 4 aromatic carbocycles. The van der Waals surface area contributed by atoms with Crippen LogP contribution in [0.3, 0.4) is 0 Å². The number of halogens is 8. The highest BCUT2D eigenvalue weighted by atomic mass is 32.2. The Morgan fingerprint density at radius 1 is 0.536 bits per heavy atom. The van der Waals surface area contributed by atoms with Crippen LogP contribution < -0.4 is 10.5 Å². The Morgan fingerprint density at radius 2 is 0.893 bits per heavy atom. The van der Waals surface area contributed by atoms with E-state index in [9.17, 15) is 55.2 Å². The van der Waals surface area contributed by atoms with Gasteiger partial charge in [0.2, 0.25) is 0 Å². The van der Waals surface area contributed by atoms with Gasteiger partial charge in [0.15, 0.2) is 0 Å². The molecule has 0 saturated carbocycles. The van der Waals surface area contributed by atoms with Gasteiger partial charge in [-0.05, 0) is 44.5 Å². The van der Waals surface area contributed by atoms with Crippen molar-refractivity contribution in [2.45, 2.75) is 34.4 Å². The third kappa shape index (κ3) is 8.80. The summed E-state index contributed by atoms with van der Waals surface area (Å²) in [7, 11) is 0. The van der Waals surface area contributed by atoms with Gasteiger partial charge in [-0.1, -0.05) is 97.1 Å². The Kier molecular flexibility index (Phi) is 13.7. The van der Waals surface area contributed by atoms with Crippen LogP contribution in [0.4, 0.5) is 35.1 Å². The molecule has 0 spiro atoms. The first-order chi connectivity index (χ1) is 26.6. The quantitative estimate of drug-likeness (QED) is 0.0326. The standard InChI is InChI=1S/C18H14F4O6S.C17H12F4O5S/c19-17(18(20,21)22,29-28-27-24)16(23)26-10-9-25-15-13-7-3-1-5-11(13)12-6-2-4-8-14(12)15;18-16(17(19,20)21,27-26-25-23)15(22)24-9-14-12-7-3-1-5-10(12)11-6-2-4-8-13(11)14/h1-8,15,24H,9-10H2;1-8,14,23H,9H2/p-2. The first kappa shape index (κ1) is 42.8. The van der Waals surface area contributed by atoms with E-state index in [0.29, 0.717) is 0 Å². The van der Waals surface area contributed by atoms with Crippen LogP contribution in [0.1, 0.15) is 34.3 Å². The van der Waals surface area contributed by atoms with Crippen molar-refractivity contribution in [3.63, 3.8) is 0 Å². The zero-order valence-electron chi connectivity index (χ0n) is 27.8. The molecule has 6 rings (SSSR count). The number of benzene rings is 4. The fraction of sp³-hybridized carbons (Fsp3) is 0.257. The minimum atomic E-state index is -5.70. The van der Waals surface area contributed by atoms with E-state index in [4.69, 9.17) is 4.74 Å². The van der Waals surface area contributed by atoms with Gasteiger partial charge in [0, 0.05) is 5.92 Å². The van der Waals surface area contributed by atoms with Crippen molar-refractivity contribution in [1.82, 2.24) is 0 Å². The number of ether oxygens (including phenoxy) is 3. The molecule has 0 amide bonds. The van der Waals surface area contributed by atoms with Crippen LogP contribution >= 0.6 is 24.1 Å². The van der Waals surface area contributed by atoms with Gasteiger partial charge in [-0.2, -0.15) is 35.0 Å². The Bertz CT molecular complexity index is 1910. The molecule has 0 N–H and O–H groups in total. The number of carbonyl (C=O) groups excluding carboxylic acids is 2. The van der Waals surface area contributed by atoms with Crippen molar-refractivity contribution in [3.05, 3.63) is 119 Å². The van der Waals surface area contributed by atoms with E-state index in [-0.39, 0.29) is 6.61 Å². The summed E-state index contributed by atoms with van der Waals surface area (Å²) in [6, 6.07) is 29.1. The Hall–Kier alpha value is -4.32. The van der Waals surface area contributed by atoms with E-state index in [2.05, 4.69) is 28.2 Å². The molecule has 0 saturated heterocycles. The first-order valence-electron chi connectivity index (χ1n) is 15.7. The molecular weight excluding hydrogens is 812 g/mol. The molecule has 0 fully saturated rings. The predicted molar refractivity (Wildman–Crippen MR) is 175 cm³/mol. The zero-order valence-corrected chi connectivity index (χ0v) is 29.5. The summed E-state index contributed by atoms with van der Waals surface area (Å²) in [4.78, 5) is 23.4. The van der Waals surface area contributed by atoms with Gasteiger partial charge in [0.05, 0.1) is 30.7 Å². The summed E-state index contributed by atoms with van der Waals surface area (Å²) in [5.74, 6) is -5.08. The molecule has 0 heterocycles. The number of carbonyl (C=O) groups is 2. The maximum Gasteiger partial charge on any atom is 0.446 e. The lowest BCUT2D eigenvalue weighted by atomic mass is 9.98. The van der Waals surface area contributed by atoms with Gasteiger partial charge in [-0.25, -0.2) is 18.4 Å². The molecule has 56 heavy (non-hydrogen) atoms. The van der Waals surface area contributed by atoms with Crippen LogP contribution in [0.5, 0.6) is 0 Å². The molecule has 2 unspecified atom stereocenters. The summed E-state index contributed by atoms with van der Waals surface area (Å²) < 4.78 is 127. The lowest BCUT2D eigenvalue weighted by molar-refractivity contribution is -0.777. The molecule has 0 aromatic heterocycles. The summed E-state index contributed by atoms with van der Waals surface area (Å²) in [5, 5.41) is 15.6. The molecule has 2 aliphatic carbocycles. The van der Waals surface area contributed by atoms with E-state index in [1.54, 1.807) is 36.4 Å².